The Hall–Kier alpha value is -0.570. The predicted octanol–water partition coefficient (Wildman–Crippen LogP) is 3.14. The summed E-state index contributed by atoms with van der Waals surface area (Å²) in [5, 5.41) is 9.57. The SMILES string of the molecule is CCCC(CCC)N1CC2CCCC2C1C(=O)O. The fourth-order valence-corrected chi connectivity index (χ4v) is 4.18. The van der Waals surface area contributed by atoms with Gasteiger partial charge in [0.05, 0.1) is 0 Å². The number of carboxylic acids is 1. The number of hydrogen-bond donors (Lipinski definition) is 1. The summed E-state index contributed by atoms with van der Waals surface area (Å²) < 4.78 is 0. The maximum absolute atomic E-state index is 11.6. The molecular weight excluding hydrogens is 226 g/mol. The van der Waals surface area contributed by atoms with Crippen LogP contribution in [0, 0.1) is 11.8 Å². The molecule has 1 heterocycles. The van der Waals surface area contributed by atoms with Gasteiger partial charge in [0.1, 0.15) is 6.04 Å². The fourth-order valence-electron chi connectivity index (χ4n) is 4.18. The Morgan fingerprint density at radius 3 is 2.50 bits per heavy atom. The molecule has 2 fully saturated rings. The molecule has 1 N–H and O–H groups in total. The summed E-state index contributed by atoms with van der Waals surface area (Å²) in [5.74, 6) is 0.502. The van der Waals surface area contributed by atoms with Crippen LogP contribution in [-0.2, 0) is 4.79 Å². The molecule has 0 bridgehead atoms. The lowest BCUT2D eigenvalue weighted by Gasteiger charge is -2.32. The first-order chi connectivity index (χ1) is 8.69. The van der Waals surface area contributed by atoms with Gasteiger partial charge in [-0.15, -0.1) is 0 Å². The van der Waals surface area contributed by atoms with Crippen LogP contribution in [-0.4, -0.2) is 34.6 Å². The number of nitrogens with zero attached hydrogens (tertiary/aromatic N) is 1. The highest BCUT2D eigenvalue weighted by Gasteiger charge is 2.49. The highest BCUT2D eigenvalue weighted by molar-refractivity contribution is 5.74. The zero-order chi connectivity index (χ0) is 13.1. The van der Waals surface area contributed by atoms with E-state index >= 15 is 0 Å². The lowest BCUT2D eigenvalue weighted by atomic mass is 9.93. The van der Waals surface area contributed by atoms with Crippen molar-refractivity contribution in [3.63, 3.8) is 0 Å². The minimum atomic E-state index is -0.582. The van der Waals surface area contributed by atoms with Gasteiger partial charge in [-0.05, 0) is 37.5 Å². The second-order valence-corrected chi connectivity index (χ2v) is 6.07. The average Bonchev–Trinajstić information content (AvgIpc) is 2.87. The number of aliphatic carboxylic acids is 1. The van der Waals surface area contributed by atoms with Crippen molar-refractivity contribution in [3.8, 4) is 0 Å². The first-order valence-electron chi connectivity index (χ1n) is 7.67. The van der Waals surface area contributed by atoms with Gasteiger partial charge in [0.15, 0.2) is 0 Å². The predicted molar refractivity (Wildman–Crippen MR) is 72.6 cm³/mol. The third-order valence-electron chi connectivity index (χ3n) is 4.89. The van der Waals surface area contributed by atoms with E-state index in [4.69, 9.17) is 0 Å². The van der Waals surface area contributed by atoms with Gasteiger partial charge in [-0.25, -0.2) is 0 Å². The summed E-state index contributed by atoms with van der Waals surface area (Å²) in [6.45, 7) is 5.44. The van der Waals surface area contributed by atoms with E-state index in [1.54, 1.807) is 0 Å². The van der Waals surface area contributed by atoms with Gasteiger partial charge in [-0.1, -0.05) is 33.1 Å². The Morgan fingerprint density at radius 2 is 1.94 bits per heavy atom. The van der Waals surface area contributed by atoms with Crippen LogP contribution in [0.25, 0.3) is 0 Å². The van der Waals surface area contributed by atoms with Gasteiger partial charge in [-0.3, -0.25) is 9.69 Å². The number of likely N-dealkylation sites (tertiary alicyclic amines) is 1. The second kappa shape index (κ2) is 6.05. The minimum absolute atomic E-state index is 0.194. The van der Waals surface area contributed by atoms with Crippen molar-refractivity contribution in [1.82, 2.24) is 4.90 Å². The molecule has 18 heavy (non-hydrogen) atoms. The van der Waals surface area contributed by atoms with Crippen LogP contribution in [0.2, 0.25) is 0 Å². The molecule has 1 saturated heterocycles. The number of hydrogen-bond acceptors (Lipinski definition) is 2. The second-order valence-electron chi connectivity index (χ2n) is 6.07. The van der Waals surface area contributed by atoms with Crippen LogP contribution >= 0.6 is 0 Å². The Kier molecular flexibility index (Phi) is 4.66. The molecule has 0 spiro atoms. The van der Waals surface area contributed by atoms with Crippen LogP contribution in [0.3, 0.4) is 0 Å². The summed E-state index contributed by atoms with van der Waals surface area (Å²) in [6.07, 6.45) is 8.22. The molecule has 3 nitrogen and oxygen atoms in total. The Bertz CT molecular complexity index is 286. The molecule has 1 aliphatic heterocycles. The van der Waals surface area contributed by atoms with Gasteiger partial charge in [-0.2, -0.15) is 0 Å². The van der Waals surface area contributed by atoms with E-state index in [-0.39, 0.29) is 6.04 Å². The third kappa shape index (κ3) is 2.56. The van der Waals surface area contributed by atoms with Crippen LogP contribution in [0.4, 0.5) is 0 Å². The van der Waals surface area contributed by atoms with Gasteiger partial charge in [0.2, 0.25) is 0 Å². The zero-order valence-corrected chi connectivity index (χ0v) is 11.8. The van der Waals surface area contributed by atoms with Gasteiger partial charge in [0, 0.05) is 12.6 Å². The molecule has 3 atom stereocenters. The molecule has 0 radical (unpaired) electrons. The quantitative estimate of drug-likeness (QED) is 0.790. The molecule has 2 rings (SSSR count). The summed E-state index contributed by atoms with van der Waals surface area (Å²) in [7, 11) is 0. The van der Waals surface area contributed by atoms with E-state index in [0.29, 0.717) is 17.9 Å². The van der Waals surface area contributed by atoms with Gasteiger partial charge >= 0.3 is 5.97 Å². The molecule has 1 aliphatic carbocycles. The van der Waals surface area contributed by atoms with E-state index in [1.165, 1.54) is 12.8 Å². The summed E-state index contributed by atoms with van der Waals surface area (Å²) in [6, 6.07) is 0.298. The van der Waals surface area contributed by atoms with Crippen molar-refractivity contribution in [2.45, 2.75) is 70.9 Å². The Balaban J connectivity index is 2.12. The zero-order valence-electron chi connectivity index (χ0n) is 11.8. The molecular formula is C15H27NO2. The summed E-state index contributed by atoms with van der Waals surface area (Å²) in [5.41, 5.74) is 0. The summed E-state index contributed by atoms with van der Waals surface area (Å²) in [4.78, 5) is 14.0. The lowest BCUT2D eigenvalue weighted by Crippen LogP contribution is -2.45. The van der Waals surface area contributed by atoms with E-state index < -0.39 is 5.97 Å². The van der Waals surface area contributed by atoms with E-state index in [2.05, 4.69) is 18.7 Å². The van der Waals surface area contributed by atoms with Crippen molar-refractivity contribution >= 4 is 5.97 Å². The average molecular weight is 253 g/mol. The first-order valence-corrected chi connectivity index (χ1v) is 7.67. The molecule has 0 aromatic rings. The van der Waals surface area contributed by atoms with Crippen molar-refractivity contribution in [2.24, 2.45) is 11.8 Å². The third-order valence-corrected chi connectivity index (χ3v) is 4.89. The maximum atomic E-state index is 11.6. The standard InChI is InChI=1S/C15H27NO2/c1-3-6-12(7-4-2)16-10-11-8-5-9-13(11)14(16)15(17)18/h11-14H,3-10H2,1-2H3,(H,17,18). The molecule has 3 heteroatoms. The van der Waals surface area contributed by atoms with Gasteiger partial charge < -0.3 is 5.11 Å². The molecule has 2 aliphatic rings. The number of fused-ring (bicyclic) bond motifs is 1. The largest absolute Gasteiger partial charge is 0.480 e. The first kappa shape index (κ1) is 13.9. The molecule has 0 aromatic carbocycles. The van der Waals surface area contributed by atoms with Crippen molar-refractivity contribution in [3.05, 3.63) is 0 Å². The van der Waals surface area contributed by atoms with Gasteiger partial charge in [0.25, 0.3) is 0 Å². The van der Waals surface area contributed by atoms with Crippen molar-refractivity contribution in [2.75, 3.05) is 6.54 Å². The monoisotopic (exact) mass is 253 g/mol. The Morgan fingerprint density at radius 1 is 1.28 bits per heavy atom. The maximum Gasteiger partial charge on any atom is 0.321 e. The number of rotatable bonds is 6. The van der Waals surface area contributed by atoms with E-state index in [1.807, 2.05) is 0 Å². The van der Waals surface area contributed by atoms with E-state index in [0.717, 1.165) is 38.6 Å². The molecule has 0 aromatic heterocycles. The smallest absolute Gasteiger partial charge is 0.321 e. The topological polar surface area (TPSA) is 40.5 Å². The highest BCUT2D eigenvalue weighted by Crippen LogP contribution is 2.43. The van der Waals surface area contributed by atoms with Crippen LogP contribution < -0.4 is 0 Å². The number of carboxylic acid groups (broad SMARTS) is 1. The highest BCUT2D eigenvalue weighted by atomic mass is 16.4. The molecule has 104 valence electrons. The van der Waals surface area contributed by atoms with Crippen LogP contribution in [0.15, 0.2) is 0 Å². The normalized spacial score (nSPS) is 32.1. The van der Waals surface area contributed by atoms with Crippen molar-refractivity contribution < 1.29 is 9.90 Å². The molecule has 3 unspecified atom stereocenters. The summed E-state index contributed by atoms with van der Waals surface area (Å²) >= 11 is 0. The van der Waals surface area contributed by atoms with Crippen LogP contribution in [0.1, 0.15) is 58.8 Å². The van der Waals surface area contributed by atoms with Crippen LogP contribution in [0.5, 0.6) is 0 Å². The minimum Gasteiger partial charge on any atom is -0.480 e. The fraction of sp³-hybridized carbons (Fsp3) is 0.933. The van der Waals surface area contributed by atoms with E-state index in [9.17, 15) is 9.90 Å². The molecule has 1 saturated carbocycles. The molecule has 0 amide bonds. The number of carbonyl (C=O) groups is 1. The Labute approximate surface area is 111 Å². The van der Waals surface area contributed by atoms with Crippen molar-refractivity contribution in [1.29, 1.82) is 0 Å². The lowest BCUT2D eigenvalue weighted by molar-refractivity contribution is -0.144.